The van der Waals surface area contributed by atoms with Gasteiger partial charge in [0.1, 0.15) is 0 Å². The molecule has 0 saturated carbocycles. The molecule has 0 aliphatic carbocycles. The van der Waals surface area contributed by atoms with Gasteiger partial charge in [-0.05, 0) is 33.9 Å². The average Bonchev–Trinajstić information content (AvgIpc) is 2.96. The molecule has 4 aromatic rings. The number of carbonyl (C=O) groups is 2. The number of fused-ring (bicyclic) bond motifs is 1. The Labute approximate surface area is 217 Å². The summed E-state index contributed by atoms with van der Waals surface area (Å²) in [7, 11) is 1.62. The monoisotopic (exact) mass is 490 g/mol. The molecule has 5 heteroatoms. The number of nitrogens with one attached hydrogen (secondary N) is 1. The molecule has 2 atom stereocenters. The van der Waals surface area contributed by atoms with Crippen LogP contribution < -0.4 is 5.32 Å². The molecule has 0 aromatic heterocycles. The second-order valence-corrected chi connectivity index (χ2v) is 9.15. The Kier molecular flexibility index (Phi) is 7.43. The minimum Gasteiger partial charge on any atom is -0.383 e. The summed E-state index contributed by atoms with van der Waals surface area (Å²) in [4.78, 5) is 29.4. The minimum atomic E-state index is -0.558. The van der Waals surface area contributed by atoms with Crippen molar-refractivity contribution in [2.45, 2.75) is 18.5 Å². The van der Waals surface area contributed by atoms with Crippen molar-refractivity contribution in [3.63, 3.8) is 0 Å². The highest BCUT2D eigenvalue weighted by molar-refractivity contribution is 6.01. The zero-order valence-corrected chi connectivity index (χ0v) is 20.8. The number of rotatable bonds is 8. The van der Waals surface area contributed by atoms with E-state index in [1.165, 1.54) is 0 Å². The van der Waals surface area contributed by atoms with Crippen molar-refractivity contribution >= 4 is 11.8 Å². The van der Waals surface area contributed by atoms with Gasteiger partial charge < -0.3 is 15.0 Å². The number of hydrogen-bond acceptors (Lipinski definition) is 3. The van der Waals surface area contributed by atoms with Crippen LogP contribution in [0.25, 0.3) is 11.1 Å². The summed E-state index contributed by atoms with van der Waals surface area (Å²) < 4.78 is 5.33. The fourth-order valence-electron chi connectivity index (χ4n) is 5.20. The van der Waals surface area contributed by atoms with E-state index in [-0.39, 0.29) is 11.8 Å². The Morgan fingerprint density at radius 2 is 1.43 bits per heavy atom. The number of hydrogen-bond donors (Lipinski definition) is 1. The topological polar surface area (TPSA) is 58.6 Å². The number of amides is 2. The molecule has 186 valence electrons. The summed E-state index contributed by atoms with van der Waals surface area (Å²) in [5.74, 6) is -0.754. The van der Waals surface area contributed by atoms with E-state index in [9.17, 15) is 9.59 Å². The molecule has 0 bridgehead atoms. The first kappa shape index (κ1) is 24.5. The first-order valence-electron chi connectivity index (χ1n) is 12.5. The fourth-order valence-corrected chi connectivity index (χ4v) is 5.20. The fraction of sp³-hybridized carbons (Fsp3) is 0.188. The van der Waals surface area contributed by atoms with E-state index in [0.717, 1.165) is 27.8 Å². The first-order chi connectivity index (χ1) is 18.2. The Balaban J connectivity index is 1.51. The zero-order chi connectivity index (χ0) is 25.6. The van der Waals surface area contributed by atoms with Crippen molar-refractivity contribution < 1.29 is 14.3 Å². The average molecular weight is 491 g/mol. The Bertz CT molecular complexity index is 1370. The molecular weight excluding hydrogens is 460 g/mol. The molecule has 0 fully saturated rings. The molecule has 0 spiro atoms. The lowest BCUT2D eigenvalue weighted by Gasteiger charge is -2.41. The van der Waals surface area contributed by atoms with Gasteiger partial charge in [0.05, 0.1) is 18.6 Å². The van der Waals surface area contributed by atoms with Crippen LogP contribution >= 0.6 is 0 Å². The van der Waals surface area contributed by atoms with Crippen molar-refractivity contribution in [3.8, 4) is 11.1 Å². The number of nitrogens with zero attached hydrogens (tertiary/aromatic N) is 1. The summed E-state index contributed by atoms with van der Waals surface area (Å²) in [5, 5.41) is 3.20. The second kappa shape index (κ2) is 11.2. The van der Waals surface area contributed by atoms with Crippen LogP contribution in [-0.2, 0) is 16.1 Å². The molecule has 2 amide bonds. The van der Waals surface area contributed by atoms with Gasteiger partial charge >= 0.3 is 0 Å². The molecule has 1 aliphatic rings. The van der Waals surface area contributed by atoms with Gasteiger partial charge in [-0.3, -0.25) is 9.59 Å². The van der Waals surface area contributed by atoms with Crippen molar-refractivity contribution in [2.24, 2.45) is 0 Å². The quantitative estimate of drug-likeness (QED) is 0.350. The number of methoxy groups -OCH3 is 1. The molecule has 1 aliphatic heterocycles. The van der Waals surface area contributed by atoms with Gasteiger partial charge in [0.25, 0.3) is 5.91 Å². The first-order valence-corrected chi connectivity index (χ1v) is 12.5. The van der Waals surface area contributed by atoms with Gasteiger partial charge in [0.2, 0.25) is 5.91 Å². The van der Waals surface area contributed by atoms with Crippen LogP contribution in [0, 0.1) is 0 Å². The summed E-state index contributed by atoms with van der Waals surface area (Å²) >= 11 is 0. The predicted molar refractivity (Wildman–Crippen MR) is 145 cm³/mol. The van der Waals surface area contributed by atoms with Gasteiger partial charge in [0, 0.05) is 25.8 Å². The highest BCUT2D eigenvalue weighted by Crippen LogP contribution is 2.42. The van der Waals surface area contributed by atoms with Gasteiger partial charge in [-0.1, -0.05) is 103 Å². The highest BCUT2D eigenvalue weighted by Gasteiger charge is 2.43. The van der Waals surface area contributed by atoms with E-state index in [1.54, 1.807) is 12.0 Å². The molecule has 0 unspecified atom stereocenters. The lowest BCUT2D eigenvalue weighted by atomic mass is 9.79. The van der Waals surface area contributed by atoms with Gasteiger partial charge in [0.15, 0.2) is 0 Å². The lowest BCUT2D eigenvalue weighted by molar-refractivity contribution is -0.124. The van der Waals surface area contributed by atoms with E-state index in [0.29, 0.717) is 25.3 Å². The van der Waals surface area contributed by atoms with Gasteiger partial charge in [-0.25, -0.2) is 0 Å². The predicted octanol–water partition coefficient (Wildman–Crippen LogP) is 5.60. The third-order valence-electron chi connectivity index (χ3n) is 6.95. The molecule has 37 heavy (non-hydrogen) atoms. The number of carbonyl (C=O) groups excluding carboxylic acids is 2. The maximum Gasteiger partial charge on any atom is 0.254 e. The summed E-state index contributed by atoms with van der Waals surface area (Å²) in [5.41, 5.74) is 5.47. The molecule has 0 radical (unpaired) electrons. The van der Waals surface area contributed by atoms with Crippen molar-refractivity contribution in [2.75, 3.05) is 20.3 Å². The molecule has 4 aromatic carbocycles. The van der Waals surface area contributed by atoms with Crippen LogP contribution in [0.3, 0.4) is 0 Å². The minimum absolute atomic E-state index is 0.0834. The zero-order valence-electron chi connectivity index (χ0n) is 20.8. The number of ether oxygens (including phenoxy) is 1. The lowest BCUT2D eigenvalue weighted by Crippen LogP contribution is -2.48. The summed E-state index contributed by atoms with van der Waals surface area (Å²) in [6.45, 7) is 1.16. The van der Waals surface area contributed by atoms with Gasteiger partial charge in [-0.2, -0.15) is 0 Å². The SMILES string of the molecule is COCCN1C(=O)c2ccccc2[C@@H](C(=O)NCc2ccccc2-c2ccccc2)[C@@H]1c1ccccc1. The number of benzene rings is 4. The molecule has 0 saturated heterocycles. The van der Waals surface area contributed by atoms with E-state index in [2.05, 4.69) is 23.5 Å². The van der Waals surface area contributed by atoms with Crippen molar-refractivity contribution in [1.29, 1.82) is 0 Å². The Morgan fingerprint density at radius 1 is 0.811 bits per heavy atom. The molecule has 5 rings (SSSR count). The van der Waals surface area contributed by atoms with Crippen LogP contribution in [0.5, 0.6) is 0 Å². The Hall–Kier alpha value is -4.22. The van der Waals surface area contributed by atoms with E-state index >= 15 is 0 Å². The van der Waals surface area contributed by atoms with Crippen LogP contribution in [0.4, 0.5) is 0 Å². The third kappa shape index (κ3) is 5.04. The van der Waals surface area contributed by atoms with Crippen molar-refractivity contribution in [3.05, 3.63) is 131 Å². The molecule has 1 N–H and O–H groups in total. The normalized spacial score (nSPS) is 16.8. The van der Waals surface area contributed by atoms with Crippen LogP contribution in [0.1, 0.15) is 39.0 Å². The molecule has 1 heterocycles. The molecule has 5 nitrogen and oxygen atoms in total. The maximum atomic E-state index is 14.0. The van der Waals surface area contributed by atoms with E-state index < -0.39 is 12.0 Å². The summed E-state index contributed by atoms with van der Waals surface area (Å²) in [6, 6.07) is 35.1. The van der Waals surface area contributed by atoms with E-state index in [4.69, 9.17) is 4.74 Å². The Morgan fingerprint density at radius 3 is 2.16 bits per heavy atom. The van der Waals surface area contributed by atoms with E-state index in [1.807, 2.05) is 91.0 Å². The van der Waals surface area contributed by atoms with Crippen LogP contribution in [-0.4, -0.2) is 37.0 Å². The largest absolute Gasteiger partial charge is 0.383 e. The smallest absolute Gasteiger partial charge is 0.254 e. The maximum absolute atomic E-state index is 14.0. The standard InChI is InChI=1S/C32H30N2O3/c1-37-21-20-34-30(24-14-6-3-7-15-24)29(27-18-10-11-19-28(27)32(34)36)31(35)33-22-25-16-8-9-17-26(25)23-12-4-2-5-13-23/h2-19,29-30H,20-22H2,1H3,(H,33,35)/t29-,30+/m1/s1. The van der Waals surface area contributed by atoms with Gasteiger partial charge in [-0.15, -0.1) is 0 Å². The van der Waals surface area contributed by atoms with Crippen LogP contribution in [0.15, 0.2) is 109 Å². The second-order valence-electron chi connectivity index (χ2n) is 9.15. The van der Waals surface area contributed by atoms with Crippen molar-refractivity contribution in [1.82, 2.24) is 10.2 Å². The highest BCUT2D eigenvalue weighted by atomic mass is 16.5. The molecular formula is C32H30N2O3. The summed E-state index contributed by atoms with van der Waals surface area (Å²) in [6.07, 6.45) is 0. The third-order valence-corrected chi connectivity index (χ3v) is 6.95. The van der Waals surface area contributed by atoms with Crippen LogP contribution in [0.2, 0.25) is 0 Å².